The van der Waals surface area contributed by atoms with E-state index in [9.17, 15) is 4.79 Å². The second kappa shape index (κ2) is 13.2. The third-order valence-corrected chi connectivity index (χ3v) is 5.56. The summed E-state index contributed by atoms with van der Waals surface area (Å²) in [5, 5.41) is 6.80. The first-order valence-electron chi connectivity index (χ1n) is 10.7. The summed E-state index contributed by atoms with van der Waals surface area (Å²) < 4.78 is 11.5. The van der Waals surface area contributed by atoms with Gasteiger partial charge in [0.2, 0.25) is 5.91 Å². The number of rotatable bonds is 8. The molecule has 170 valence electrons. The SMILES string of the molecule is CN(C)C(=O)CN=C(NCC1CCCCO1)NCC(c1ccco1)N1CCCC1.I. The average Bonchev–Trinajstić information content (AvgIpc) is 3.45. The summed E-state index contributed by atoms with van der Waals surface area (Å²) in [6, 6.07) is 4.11. The molecule has 2 N–H and O–H groups in total. The molecule has 8 nitrogen and oxygen atoms in total. The van der Waals surface area contributed by atoms with Gasteiger partial charge in [-0.3, -0.25) is 9.69 Å². The maximum atomic E-state index is 12.0. The molecular weight excluding hydrogens is 497 g/mol. The number of carbonyl (C=O) groups excluding carboxylic acids is 1. The molecule has 0 radical (unpaired) electrons. The summed E-state index contributed by atoms with van der Waals surface area (Å²) in [5.41, 5.74) is 0. The van der Waals surface area contributed by atoms with Crippen molar-refractivity contribution in [3.05, 3.63) is 24.2 Å². The van der Waals surface area contributed by atoms with Crippen LogP contribution >= 0.6 is 24.0 Å². The van der Waals surface area contributed by atoms with E-state index in [0.717, 1.165) is 38.3 Å². The number of guanidine groups is 1. The molecule has 2 unspecified atom stereocenters. The number of hydrogen-bond donors (Lipinski definition) is 2. The van der Waals surface area contributed by atoms with E-state index in [1.54, 1.807) is 25.3 Å². The van der Waals surface area contributed by atoms with E-state index in [1.807, 2.05) is 12.1 Å². The smallest absolute Gasteiger partial charge is 0.243 e. The summed E-state index contributed by atoms with van der Waals surface area (Å²) in [7, 11) is 3.49. The summed E-state index contributed by atoms with van der Waals surface area (Å²) >= 11 is 0. The van der Waals surface area contributed by atoms with Crippen LogP contribution in [0, 0.1) is 0 Å². The van der Waals surface area contributed by atoms with Crippen LogP contribution in [0.2, 0.25) is 0 Å². The molecule has 3 rings (SSSR count). The Hall–Kier alpha value is -1.33. The zero-order valence-corrected chi connectivity index (χ0v) is 20.5. The molecule has 9 heteroatoms. The summed E-state index contributed by atoms with van der Waals surface area (Å²) in [6.45, 7) is 4.44. The highest BCUT2D eigenvalue weighted by Gasteiger charge is 2.26. The number of furan rings is 1. The molecule has 2 aliphatic rings. The third kappa shape index (κ3) is 7.73. The van der Waals surface area contributed by atoms with Gasteiger partial charge in [-0.1, -0.05) is 0 Å². The first kappa shape index (κ1) is 24.9. The zero-order chi connectivity index (χ0) is 20.5. The number of amides is 1. The lowest BCUT2D eigenvalue weighted by Crippen LogP contribution is -2.46. The van der Waals surface area contributed by atoms with Crippen molar-refractivity contribution in [1.82, 2.24) is 20.4 Å². The van der Waals surface area contributed by atoms with Crippen molar-refractivity contribution >= 4 is 35.8 Å². The van der Waals surface area contributed by atoms with E-state index >= 15 is 0 Å². The number of hydrogen-bond acceptors (Lipinski definition) is 5. The van der Waals surface area contributed by atoms with Crippen LogP contribution in [-0.4, -0.2) is 81.2 Å². The van der Waals surface area contributed by atoms with Gasteiger partial charge in [0, 0.05) is 33.8 Å². The van der Waals surface area contributed by atoms with Crippen LogP contribution in [0.4, 0.5) is 0 Å². The van der Waals surface area contributed by atoms with Crippen LogP contribution < -0.4 is 10.6 Å². The van der Waals surface area contributed by atoms with Gasteiger partial charge in [0.05, 0.1) is 18.4 Å². The van der Waals surface area contributed by atoms with Crippen molar-refractivity contribution in [1.29, 1.82) is 0 Å². The third-order valence-electron chi connectivity index (χ3n) is 5.56. The normalized spacial score (nSPS) is 21.0. The minimum Gasteiger partial charge on any atom is -0.468 e. The van der Waals surface area contributed by atoms with Crippen molar-refractivity contribution in [3.8, 4) is 0 Å². The first-order chi connectivity index (χ1) is 14.1. The molecule has 2 aliphatic heterocycles. The molecule has 1 amide bonds. The van der Waals surface area contributed by atoms with Gasteiger partial charge in [0.1, 0.15) is 12.3 Å². The Bertz CT molecular complexity index is 641. The number of likely N-dealkylation sites (tertiary alicyclic amines) is 1. The number of halogens is 1. The molecule has 0 spiro atoms. The van der Waals surface area contributed by atoms with Crippen LogP contribution in [-0.2, 0) is 9.53 Å². The Labute approximate surface area is 196 Å². The highest BCUT2D eigenvalue weighted by Crippen LogP contribution is 2.24. The molecular formula is C21H36IN5O3. The zero-order valence-electron chi connectivity index (χ0n) is 18.1. The van der Waals surface area contributed by atoms with E-state index in [1.165, 1.54) is 19.3 Å². The van der Waals surface area contributed by atoms with Gasteiger partial charge in [-0.15, -0.1) is 24.0 Å². The fraction of sp³-hybridized carbons (Fsp3) is 0.714. The lowest BCUT2D eigenvalue weighted by atomic mass is 10.1. The van der Waals surface area contributed by atoms with E-state index in [2.05, 4.69) is 20.5 Å². The van der Waals surface area contributed by atoms with Crippen molar-refractivity contribution in [3.63, 3.8) is 0 Å². The van der Waals surface area contributed by atoms with Crippen molar-refractivity contribution in [2.45, 2.75) is 44.2 Å². The Kier molecular flexibility index (Phi) is 10.9. The Morgan fingerprint density at radius 1 is 1.27 bits per heavy atom. The van der Waals surface area contributed by atoms with Gasteiger partial charge in [-0.2, -0.15) is 0 Å². The highest BCUT2D eigenvalue weighted by atomic mass is 127. The lowest BCUT2D eigenvalue weighted by molar-refractivity contribution is -0.127. The molecule has 2 fully saturated rings. The quantitative estimate of drug-likeness (QED) is 0.303. The van der Waals surface area contributed by atoms with Gasteiger partial charge in [-0.05, 0) is 57.3 Å². The maximum Gasteiger partial charge on any atom is 0.243 e. The summed E-state index contributed by atoms with van der Waals surface area (Å²) in [5.74, 6) is 1.58. The average molecular weight is 533 g/mol. The van der Waals surface area contributed by atoms with Crippen LogP contribution in [0.15, 0.2) is 27.8 Å². The van der Waals surface area contributed by atoms with Crippen LogP contribution in [0.5, 0.6) is 0 Å². The Morgan fingerprint density at radius 2 is 2.07 bits per heavy atom. The van der Waals surface area contributed by atoms with Crippen LogP contribution in [0.25, 0.3) is 0 Å². The van der Waals surface area contributed by atoms with E-state index < -0.39 is 0 Å². The molecule has 2 saturated heterocycles. The molecule has 30 heavy (non-hydrogen) atoms. The topological polar surface area (TPSA) is 82.3 Å². The predicted molar refractivity (Wildman–Crippen MR) is 128 cm³/mol. The molecule has 0 aliphatic carbocycles. The number of nitrogens with zero attached hydrogens (tertiary/aromatic N) is 3. The van der Waals surface area contributed by atoms with E-state index in [0.29, 0.717) is 19.0 Å². The number of ether oxygens (including phenoxy) is 1. The molecule has 0 saturated carbocycles. The summed E-state index contributed by atoms with van der Waals surface area (Å²) in [6.07, 6.45) is 7.73. The standard InChI is InChI=1S/C21H35N5O3.HI/c1-25(2)20(27)16-24-21(22-14-17-8-3-6-12-28-17)23-15-18(19-9-7-13-29-19)26-10-4-5-11-26;/h7,9,13,17-18H,3-6,8,10-12,14-16H2,1-2H3,(H2,22,23,24);1H. The summed E-state index contributed by atoms with van der Waals surface area (Å²) in [4.78, 5) is 20.5. The highest BCUT2D eigenvalue weighted by molar-refractivity contribution is 14.0. The number of nitrogens with one attached hydrogen (secondary N) is 2. The molecule has 1 aromatic rings. The van der Waals surface area contributed by atoms with Crippen LogP contribution in [0.3, 0.4) is 0 Å². The van der Waals surface area contributed by atoms with Gasteiger partial charge in [0.25, 0.3) is 0 Å². The minimum atomic E-state index is -0.0258. The fourth-order valence-corrected chi connectivity index (χ4v) is 3.78. The number of likely N-dealkylation sites (N-methyl/N-ethyl adjacent to an activating group) is 1. The van der Waals surface area contributed by atoms with E-state index in [4.69, 9.17) is 9.15 Å². The number of aliphatic imine (C=N–C) groups is 1. The molecule has 3 heterocycles. The fourth-order valence-electron chi connectivity index (χ4n) is 3.78. The molecule has 0 aromatic carbocycles. The van der Waals surface area contributed by atoms with Gasteiger partial charge in [0.15, 0.2) is 5.96 Å². The second-order valence-corrected chi connectivity index (χ2v) is 7.98. The molecule has 0 bridgehead atoms. The van der Waals surface area contributed by atoms with Gasteiger partial charge >= 0.3 is 0 Å². The minimum absolute atomic E-state index is 0. The second-order valence-electron chi connectivity index (χ2n) is 7.98. The molecule has 2 atom stereocenters. The van der Waals surface area contributed by atoms with Gasteiger partial charge in [-0.25, -0.2) is 4.99 Å². The van der Waals surface area contributed by atoms with Crippen molar-refractivity contribution < 1.29 is 13.9 Å². The lowest BCUT2D eigenvalue weighted by Gasteiger charge is -2.28. The first-order valence-corrected chi connectivity index (χ1v) is 10.7. The van der Waals surface area contributed by atoms with Gasteiger partial charge < -0.3 is 24.7 Å². The maximum absolute atomic E-state index is 12.0. The number of carbonyl (C=O) groups is 1. The monoisotopic (exact) mass is 533 g/mol. The van der Waals surface area contributed by atoms with Crippen molar-refractivity contribution in [2.75, 3.05) is 53.4 Å². The largest absolute Gasteiger partial charge is 0.468 e. The van der Waals surface area contributed by atoms with Crippen LogP contribution in [0.1, 0.15) is 43.9 Å². The molecule has 1 aromatic heterocycles. The van der Waals surface area contributed by atoms with Crippen molar-refractivity contribution in [2.24, 2.45) is 4.99 Å². The predicted octanol–water partition coefficient (Wildman–Crippen LogP) is 2.23. The Morgan fingerprint density at radius 3 is 2.70 bits per heavy atom. The van der Waals surface area contributed by atoms with E-state index in [-0.39, 0.29) is 48.6 Å². The Balaban J connectivity index is 0.00000320.